The lowest BCUT2D eigenvalue weighted by atomic mass is 10.1. The van der Waals surface area contributed by atoms with Crippen molar-refractivity contribution >= 4 is 27.9 Å². The number of hydrogen-bond acceptors (Lipinski definition) is 5. The number of carbonyl (C=O) groups is 2. The van der Waals surface area contributed by atoms with E-state index in [1.165, 1.54) is 38.5 Å². The van der Waals surface area contributed by atoms with Gasteiger partial charge in [-0.2, -0.15) is 0 Å². The fourth-order valence-corrected chi connectivity index (χ4v) is 3.98. The average molecular weight is 519 g/mol. The van der Waals surface area contributed by atoms with E-state index in [2.05, 4.69) is 22.9 Å². The zero-order chi connectivity index (χ0) is 23.9. The number of ether oxygens (including phenoxy) is 3. The lowest BCUT2D eigenvalue weighted by molar-refractivity contribution is 0.0434. The summed E-state index contributed by atoms with van der Waals surface area (Å²) < 4.78 is 17.1. The van der Waals surface area contributed by atoms with Crippen LogP contribution in [0.5, 0.6) is 5.75 Å². The molecule has 0 aliphatic rings. The molecule has 0 N–H and O–H groups in total. The maximum absolute atomic E-state index is 12.7. The van der Waals surface area contributed by atoms with Gasteiger partial charge in [-0.1, -0.05) is 86.4 Å². The van der Waals surface area contributed by atoms with Crippen molar-refractivity contribution in [1.82, 2.24) is 0 Å². The van der Waals surface area contributed by atoms with Crippen LogP contribution in [-0.2, 0) is 16.1 Å². The first-order valence-electron chi connectivity index (χ1n) is 11.8. The molecule has 0 aliphatic heterocycles. The van der Waals surface area contributed by atoms with Crippen LogP contribution in [0.25, 0.3) is 0 Å². The quantitative estimate of drug-likeness (QED) is 0.180. The number of benzene rings is 2. The van der Waals surface area contributed by atoms with Crippen molar-refractivity contribution in [3.63, 3.8) is 0 Å². The molecule has 0 heterocycles. The Bertz CT molecular complexity index is 881. The van der Waals surface area contributed by atoms with Gasteiger partial charge in [0.1, 0.15) is 12.4 Å². The summed E-state index contributed by atoms with van der Waals surface area (Å²) in [4.78, 5) is 25.3. The molecular weight excluding hydrogens is 484 g/mol. The van der Waals surface area contributed by atoms with Crippen LogP contribution in [0.4, 0.5) is 0 Å². The molecule has 0 atom stereocenters. The lowest BCUT2D eigenvalue weighted by Gasteiger charge is -2.12. The number of halogens is 1. The van der Waals surface area contributed by atoms with E-state index in [0.717, 1.165) is 29.3 Å². The Labute approximate surface area is 205 Å². The number of methoxy groups -OCH3 is 1. The molecule has 6 heteroatoms. The molecule has 0 aromatic heterocycles. The second-order valence-electron chi connectivity index (χ2n) is 8.04. The molecule has 2 aromatic rings. The average Bonchev–Trinajstić information content (AvgIpc) is 2.83. The first kappa shape index (κ1) is 26.9. The van der Waals surface area contributed by atoms with Gasteiger partial charge >= 0.3 is 11.9 Å². The Morgan fingerprint density at radius 3 is 1.97 bits per heavy atom. The summed E-state index contributed by atoms with van der Waals surface area (Å²) in [5.41, 5.74) is 1.15. The van der Waals surface area contributed by atoms with Gasteiger partial charge in [0.2, 0.25) is 0 Å². The summed E-state index contributed by atoms with van der Waals surface area (Å²) >= 11 is 3.41. The van der Waals surface area contributed by atoms with Gasteiger partial charge in [-0.05, 0) is 36.8 Å². The van der Waals surface area contributed by atoms with Crippen molar-refractivity contribution in [3.05, 3.63) is 63.6 Å². The predicted octanol–water partition coefficient (Wildman–Crippen LogP) is 7.50. The summed E-state index contributed by atoms with van der Waals surface area (Å²) in [6, 6.07) is 12.1. The molecule has 0 aliphatic carbocycles. The monoisotopic (exact) mass is 518 g/mol. The number of unbranched alkanes of at least 4 members (excludes halogenated alkanes) is 8. The zero-order valence-corrected chi connectivity index (χ0v) is 21.3. The van der Waals surface area contributed by atoms with Crippen LogP contribution in [0, 0.1) is 0 Å². The van der Waals surface area contributed by atoms with Crippen molar-refractivity contribution in [3.8, 4) is 5.75 Å². The highest BCUT2D eigenvalue weighted by atomic mass is 79.9. The zero-order valence-electron chi connectivity index (χ0n) is 19.7. The fourth-order valence-electron chi connectivity index (χ4n) is 3.58. The lowest BCUT2D eigenvalue weighted by Crippen LogP contribution is -2.14. The second-order valence-corrected chi connectivity index (χ2v) is 8.96. The van der Waals surface area contributed by atoms with Gasteiger partial charge in [0.05, 0.1) is 24.8 Å². The minimum absolute atomic E-state index is 0.0310. The van der Waals surface area contributed by atoms with Crippen LogP contribution in [-0.4, -0.2) is 25.7 Å². The van der Waals surface area contributed by atoms with E-state index in [-0.39, 0.29) is 17.7 Å². The fraction of sp³-hybridized carbons (Fsp3) is 0.481. The Kier molecular flexibility index (Phi) is 12.6. The smallest absolute Gasteiger partial charge is 0.339 e. The van der Waals surface area contributed by atoms with Crippen molar-refractivity contribution in [2.75, 3.05) is 13.7 Å². The molecule has 0 saturated carbocycles. The minimum Gasteiger partial charge on any atom is -0.496 e. The summed E-state index contributed by atoms with van der Waals surface area (Å²) in [5, 5.41) is 0. The summed E-state index contributed by atoms with van der Waals surface area (Å²) in [5.74, 6) is -0.450. The van der Waals surface area contributed by atoms with Crippen molar-refractivity contribution in [2.45, 2.75) is 71.3 Å². The van der Waals surface area contributed by atoms with Crippen molar-refractivity contribution < 1.29 is 23.8 Å². The van der Waals surface area contributed by atoms with Gasteiger partial charge in [0, 0.05) is 10.0 Å². The van der Waals surface area contributed by atoms with Crippen LogP contribution in [0.1, 0.15) is 91.0 Å². The van der Waals surface area contributed by atoms with Gasteiger partial charge in [-0.3, -0.25) is 0 Å². The topological polar surface area (TPSA) is 61.8 Å². The Balaban J connectivity index is 1.80. The highest BCUT2D eigenvalue weighted by Gasteiger charge is 2.19. The molecule has 180 valence electrons. The summed E-state index contributed by atoms with van der Waals surface area (Å²) in [6.45, 7) is 2.61. The predicted molar refractivity (Wildman–Crippen MR) is 134 cm³/mol. The minimum atomic E-state index is -0.576. The van der Waals surface area contributed by atoms with Crippen LogP contribution in [0.3, 0.4) is 0 Å². The normalized spacial score (nSPS) is 10.6. The molecule has 33 heavy (non-hydrogen) atoms. The molecule has 0 fully saturated rings. The Morgan fingerprint density at radius 2 is 1.36 bits per heavy atom. The maximum Gasteiger partial charge on any atom is 0.339 e. The molecule has 0 saturated heterocycles. The molecule has 5 nitrogen and oxygen atoms in total. The van der Waals surface area contributed by atoms with E-state index in [0.29, 0.717) is 12.4 Å². The van der Waals surface area contributed by atoms with Crippen LogP contribution < -0.4 is 4.74 Å². The van der Waals surface area contributed by atoms with Crippen molar-refractivity contribution in [1.29, 1.82) is 0 Å². The Hall–Kier alpha value is -2.34. The van der Waals surface area contributed by atoms with Crippen LogP contribution in [0.2, 0.25) is 0 Å². The SMILES string of the molecule is CCCCCCCCCCCOC(=O)c1ccccc1C(=O)OCc1cc(Br)ccc1OC. The second kappa shape index (κ2) is 15.5. The van der Waals surface area contributed by atoms with Gasteiger partial charge in [0.25, 0.3) is 0 Å². The first-order chi connectivity index (χ1) is 16.1. The van der Waals surface area contributed by atoms with Crippen LogP contribution in [0.15, 0.2) is 46.9 Å². The van der Waals surface area contributed by atoms with E-state index < -0.39 is 11.9 Å². The molecule has 0 bridgehead atoms. The van der Waals surface area contributed by atoms with Gasteiger partial charge < -0.3 is 14.2 Å². The summed E-state index contributed by atoms with van der Waals surface area (Å²) in [6.07, 6.45) is 10.8. The largest absolute Gasteiger partial charge is 0.496 e. The van der Waals surface area contributed by atoms with E-state index in [1.54, 1.807) is 37.4 Å². The molecule has 2 rings (SSSR count). The third kappa shape index (κ3) is 9.58. The first-order valence-corrected chi connectivity index (χ1v) is 12.6. The maximum atomic E-state index is 12.7. The number of esters is 2. The van der Waals surface area contributed by atoms with E-state index in [9.17, 15) is 9.59 Å². The van der Waals surface area contributed by atoms with Gasteiger partial charge in [-0.15, -0.1) is 0 Å². The number of rotatable bonds is 15. The van der Waals surface area contributed by atoms with Gasteiger partial charge in [-0.25, -0.2) is 9.59 Å². The molecule has 0 unspecified atom stereocenters. The van der Waals surface area contributed by atoms with Crippen molar-refractivity contribution in [2.24, 2.45) is 0 Å². The van der Waals surface area contributed by atoms with Gasteiger partial charge in [0.15, 0.2) is 0 Å². The molecule has 0 spiro atoms. The summed E-state index contributed by atoms with van der Waals surface area (Å²) in [7, 11) is 1.56. The number of hydrogen-bond donors (Lipinski definition) is 0. The van der Waals surface area contributed by atoms with Crippen LogP contribution >= 0.6 is 15.9 Å². The van der Waals surface area contributed by atoms with E-state index in [4.69, 9.17) is 14.2 Å². The standard InChI is InChI=1S/C27H35BrO5/c1-3-4-5-6-7-8-9-10-13-18-32-26(29)23-14-11-12-15-24(23)27(30)33-20-21-19-22(28)16-17-25(21)31-2/h11-12,14-17,19H,3-10,13,18,20H2,1-2H3. The molecule has 0 radical (unpaired) electrons. The third-order valence-corrected chi connectivity index (χ3v) is 5.94. The number of carbonyl (C=O) groups excluding carboxylic acids is 2. The highest BCUT2D eigenvalue weighted by molar-refractivity contribution is 9.10. The Morgan fingerprint density at radius 1 is 0.788 bits per heavy atom. The van der Waals surface area contributed by atoms with E-state index in [1.807, 2.05) is 12.1 Å². The molecule has 2 aromatic carbocycles. The molecular formula is C27H35BrO5. The highest BCUT2D eigenvalue weighted by Crippen LogP contribution is 2.24. The van der Waals surface area contributed by atoms with E-state index >= 15 is 0 Å². The molecule has 0 amide bonds. The third-order valence-electron chi connectivity index (χ3n) is 5.45.